The molecule has 31 heavy (non-hydrogen) atoms. The van der Waals surface area contributed by atoms with Crippen molar-refractivity contribution in [1.82, 2.24) is 19.7 Å². The summed E-state index contributed by atoms with van der Waals surface area (Å²) in [5.41, 5.74) is 3.55. The van der Waals surface area contributed by atoms with Gasteiger partial charge in [0.25, 0.3) is 11.5 Å². The number of aromatic nitrogens is 3. The molecule has 8 nitrogen and oxygen atoms in total. The highest BCUT2D eigenvalue weighted by molar-refractivity contribution is 7.13. The van der Waals surface area contributed by atoms with Crippen molar-refractivity contribution in [3.63, 3.8) is 0 Å². The highest BCUT2D eigenvalue weighted by Gasteiger charge is 2.29. The van der Waals surface area contributed by atoms with E-state index in [0.717, 1.165) is 11.1 Å². The van der Waals surface area contributed by atoms with Crippen molar-refractivity contribution in [2.24, 2.45) is 5.92 Å². The third kappa shape index (κ3) is 4.88. The van der Waals surface area contributed by atoms with Crippen LogP contribution in [0.5, 0.6) is 0 Å². The fourth-order valence-corrected chi connectivity index (χ4v) is 4.23. The smallest absolute Gasteiger partial charge is 0.263 e. The SMILES string of the molecule is Cc1cccc(Cn2cccc(C(=O)N3CCC(C(=O)Nc4nncs4)CC3)c2=O)c1. The Morgan fingerprint density at radius 3 is 2.71 bits per heavy atom. The first-order chi connectivity index (χ1) is 15.0. The summed E-state index contributed by atoms with van der Waals surface area (Å²) in [7, 11) is 0. The number of pyridine rings is 1. The fourth-order valence-electron chi connectivity index (χ4n) is 3.78. The summed E-state index contributed by atoms with van der Waals surface area (Å²) in [6.45, 7) is 3.28. The number of anilines is 1. The van der Waals surface area contributed by atoms with E-state index in [9.17, 15) is 14.4 Å². The molecule has 0 unspecified atom stereocenters. The maximum atomic E-state index is 13.0. The molecule has 1 N–H and O–H groups in total. The second kappa shape index (κ2) is 9.22. The van der Waals surface area contributed by atoms with Gasteiger partial charge in [-0.3, -0.25) is 14.4 Å². The van der Waals surface area contributed by atoms with Gasteiger partial charge in [-0.25, -0.2) is 0 Å². The van der Waals surface area contributed by atoms with Crippen LogP contribution in [0.1, 0.15) is 34.3 Å². The van der Waals surface area contributed by atoms with Crippen molar-refractivity contribution >= 4 is 28.3 Å². The molecule has 0 spiro atoms. The van der Waals surface area contributed by atoms with Gasteiger partial charge in [0, 0.05) is 25.2 Å². The maximum Gasteiger partial charge on any atom is 0.263 e. The van der Waals surface area contributed by atoms with Crippen LogP contribution in [0.15, 0.2) is 52.9 Å². The van der Waals surface area contributed by atoms with Crippen LogP contribution in [0.3, 0.4) is 0 Å². The van der Waals surface area contributed by atoms with Gasteiger partial charge in [0.2, 0.25) is 11.0 Å². The molecular formula is C22H23N5O3S. The van der Waals surface area contributed by atoms with Crippen molar-refractivity contribution in [3.05, 3.63) is 75.1 Å². The number of aryl methyl sites for hydroxylation is 1. The van der Waals surface area contributed by atoms with Crippen LogP contribution in [0.2, 0.25) is 0 Å². The molecule has 1 fully saturated rings. The molecule has 1 aliphatic heterocycles. The van der Waals surface area contributed by atoms with Crippen LogP contribution in [0.25, 0.3) is 0 Å². The fraction of sp³-hybridized carbons (Fsp3) is 0.318. The molecule has 2 amide bonds. The van der Waals surface area contributed by atoms with Gasteiger partial charge in [0.05, 0.1) is 6.54 Å². The van der Waals surface area contributed by atoms with Crippen molar-refractivity contribution < 1.29 is 9.59 Å². The second-order valence-corrected chi connectivity index (χ2v) is 8.48. The number of piperidine rings is 1. The molecule has 1 aromatic carbocycles. The summed E-state index contributed by atoms with van der Waals surface area (Å²) >= 11 is 1.27. The lowest BCUT2D eigenvalue weighted by atomic mass is 9.95. The van der Waals surface area contributed by atoms with E-state index in [1.807, 2.05) is 31.2 Å². The lowest BCUT2D eigenvalue weighted by Crippen LogP contribution is -2.43. The predicted octanol–water partition coefficient (Wildman–Crippen LogP) is 2.55. The van der Waals surface area contributed by atoms with Crippen LogP contribution in [0.4, 0.5) is 5.13 Å². The summed E-state index contributed by atoms with van der Waals surface area (Å²) in [5.74, 6) is -0.586. The van der Waals surface area contributed by atoms with Gasteiger partial charge in [0.15, 0.2) is 0 Å². The van der Waals surface area contributed by atoms with Crippen LogP contribution in [-0.4, -0.2) is 44.6 Å². The van der Waals surface area contributed by atoms with Gasteiger partial charge >= 0.3 is 0 Å². The Morgan fingerprint density at radius 1 is 1.19 bits per heavy atom. The minimum absolute atomic E-state index is 0.107. The third-order valence-electron chi connectivity index (χ3n) is 5.43. The van der Waals surface area contributed by atoms with E-state index in [2.05, 4.69) is 15.5 Å². The number of carbonyl (C=O) groups excluding carboxylic acids is 2. The summed E-state index contributed by atoms with van der Waals surface area (Å²) in [6.07, 6.45) is 2.78. The van der Waals surface area contributed by atoms with Gasteiger partial charge in [-0.15, -0.1) is 10.2 Å². The minimum atomic E-state index is -0.301. The Balaban J connectivity index is 1.41. The maximum absolute atomic E-state index is 13.0. The van der Waals surface area contributed by atoms with E-state index >= 15 is 0 Å². The van der Waals surface area contributed by atoms with Gasteiger partial charge in [-0.1, -0.05) is 41.2 Å². The van der Waals surface area contributed by atoms with Crippen molar-refractivity contribution in [1.29, 1.82) is 0 Å². The van der Waals surface area contributed by atoms with Crippen LogP contribution in [-0.2, 0) is 11.3 Å². The summed E-state index contributed by atoms with van der Waals surface area (Å²) in [6, 6.07) is 11.3. The number of nitrogens with one attached hydrogen (secondary N) is 1. The normalized spacial score (nSPS) is 14.4. The molecule has 1 aliphatic rings. The zero-order valence-electron chi connectivity index (χ0n) is 17.2. The number of likely N-dealkylation sites (tertiary alicyclic amines) is 1. The standard InChI is InChI=1S/C22H23N5O3S/c1-15-4-2-5-16(12-15)13-27-9-3-6-18(21(27)30)20(29)26-10-7-17(8-11-26)19(28)24-22-25-23-14-31-22/h2-6,9,12,14,17H,7-8,10-11,13H2,1H3,(H,24,25,28). The molecule has 9 heteroatoms. The van der Waals surface area contributed by atoms with Crippen LogP contribution < -0.4 is 10.9 Å². The molecule has 3 heterocycles. The average molecular weight is 438 g/mol. The molecule has 0 aliphatic carbocycles. The van der Waals surface area contributed by atoms with Crippen LogP contribution in [0, 0.1) is 12.8 Å². The topological polar surface area (TPSA) is 97.2 Å². The molecule has 1 saturated heterocycles. The summed E-state index contributed by atoms with van der Waals surface area (Å²) < 4.78 is 1.56. The Kier molecular flexibility index (Phi) is 6.22. The van der Waals surface area contributed by atoms with Crippen molar-refractivity contribution in [2.75, 3.05) is 18.4 Å². The van der Waals surface area contributed by atoms with Gasteiger partial charge < -0.3 is 14.8 Å². The quantitative estimate of drug-likeness (QED) is 0.662. The molecule has 0 atom stereocenters. The average Bonchev–Trinajstić information content (AvgIpc) is 3.28. The third-order valence-corrected chi connectivity index (χ3v) is 6.04. The largest absolute Gasteiger partial charge is 0.338 e. The summed E-state index contributed by atoms with van der Waals surface area (Å²) in [4.78, 5) is 40.0. The van der Waals surface area contributed by atoms with E-state index in [4.69, 9.17) is 0 Å². The van der Waals surface area contributed by atoms with Crippen molar-refractivity contribution in [3.8, 4) is 0 Å². The highest BCUT2D eigenvalue weighted by Crippen LogP contribution is 2.21. The Labute approximate surface area is 183 Å². The first kappa shape index (κ1) is 20.9. The number of amides is 2. The molecule has 0 saturated carbocycles. The van der Waals surface area contributed by atoms with Crippen molar-refractivity contribution in [2.45, 2.75) is 26.3 Å². The zero-order chi connectivity index (χ0) is 21.8. The highest BCUT2D eigenvalue weighted by atomic mass is 32.1. The second-order valence-electron chi connectivity index (χ2n) is 7.64. The number of nitrogens with zero attached hydrogens (tertiary/aromatic N) is 4. The molecule has 2 aromatic heterocycles. The van der Waals surface area contributed by atoms with Crippen LogP contribution >= 0.6 is 11.3 Å². The monoisotopic (exact) mass is 437 g/mol. The Morgan fingerprint density at radius 2 is 2.00 bits per heavy atom. The Bertz CT molecular complexity index is 1130. The van der Waals surface area contributed by atoms with E-state index in [1.165, 1.54) is 11.3 Å². The number of hydrogen-bond donors (Lipinski definition) is 1. The van der Waals surface area contributed by atoms with E-state index < -0.39 is 0 Å². The summed E-state index contributed by atoms with van der Waals surface area (Å²) in [5, 5.41) is 10.8. The number of hydrogen-bond acceptors (Lipinski definition) is 6. The Hall–Kier alpha value is -3.33. The first-order valence-electron chi connectivity index (χ1n) is 10.1. The van der Waals surface area contributed by atoms with E-state index in [-0.39, 0.29) is 28.9 Å². The zero-order valence-corrected chi connectivity index (χ0v) is 18.0. The molecule has 4 rings (SSSR count). The number of rotatable bonds is 5. The van der Waals surface area contributed by atoms with Gasteiger partial charge in [0.1, 0.15) is 11.1 Å². The van der Waals surface area contributed by atoms with Gasteiger partial charge in [-0.05, 0) is 37.5 Å². The minimum Gasteiger partial charge on any atom is -0.338 e. The molecule has 3 aromatic rings. The van der Waals surface area contributed by atoms with Gasteiger partial charge in [-0.2, -0.15) is 0 Å². The van der Waals surface area contributed by atoms with E-state index in [0.29, 0.717) is 37.6 Å². The molecular weight excluding hydrogens is 414 g/mol. The number of benzene rings is 1. The molecule has 0 radical (unpaired) electrons. The number of carbonyl (C=O) groups is 2. The predicted molar refractivity (Wildman–Crippen MR) is 118 cm³/mol. The lowest BCUT2D eigenvalue weighted by Gasteiger charge is -2.31. The lowest BCUT2D eigenvalue weighted by molar-refractivity contribution is -0.121. The first-order valence-corrected chi connectivity index (χ1v) is 11.0. The van der Waals surface area contributed by atoms with E-state index in [1.54, 1.807) is 33.3 Å². The molecule has 160 valence electrons. The molecule has 0 bridgehead atoms.